The molecule has 0 heterocycles. The van der Waals surface area contributed by atoms with E-state index in [2.05, 4.69) is 10.6 Å². The molecule has 0 radical (unpaired) electrons. The van der Waals surface area contributed by atoms with Crippen molar-refractivity contribution in [2.24, 2.45) is 0 Å². The smallest absolute Gasteiger partial charge is 0.241 e. The topological polar surface area (TPSA) is 81.4 Å². The Labute approximate surface area is 105 Å². The van der Waals surface area contributed by atoms with E-state index in [0.29, 0.717) is 0 Å². The minimum atomic E-state index is -3.91. The number of methoxy groups -OCH3 is 1. The maximum atomic E-state index is 13.5. The van der Waals surface area contributed by atoms with Crippen LogP contribution in [0.15, 0.2) is 17.0 Å². The summed E-state index contributed by atoms with van der Waals surface area (Å²) in [6.07, 6.45) is 5.07. The van der Waals surface area contributed by atoms with E-state index < -0.39 is 21.9 Å². The Kier molecular flexibility index (Phi) is 4.16. The second kappa shape index (κ2) is 5.25. The van der Waals surface area contributed by atoms with Crippen LogP contribution in [0.2, 0.25) is 0 Å². The van der Waals surface area contributed by atoms with Crippen molar-refractivity contribution in [2.45, 2.75) is 17.9 Å². The molecule has 1 rings (SSSR count). The molecular weight excluding hydrogens is 259 g/mol. The number of halogens is 1. The fourth-order valence-corrected chi connectivity index (χ4v) is 2.50. The lowest BCUT2D eigenvalue weighted by Crippen LogP contribution is -2.31. The number of hydrogen-bond donors (Lipinski definition) is 2. The van der Waals surface area contributed by atoms with Crippen LogP contribution in [-0.2, 0) is 10.0 Å². The number of hydrogen-bond acceptors (Lipinski definition) is 4. The highest BCUT2D eigenvalue weighted by molar-refractivity contribution is 7.89. The monoisotopic (exact) mass is 272 g/mol. The van der Waals surface area contributed by atoms with Crippen LogP contribution in [0, 0.1) is 18.2 Å². The summed E-state index contributed by atoms with van der Waals surface area (Å²) in [4.78, 5) is -0.305. The first kappa shape index (κ1) is 14.3. The standard InChI is InChI=1S/C11H13FN2O3S/c1-4-7(2)14-18(15,16)8-5-9(12)11(17-3)10(13)6-8/h1,5-7,14H,13H2,2-3H3. The second-order valence-electron chi connectivity index (χ2n) is 3.54. The quantitative estimate of drug-likeness (QED) is 0.625. The van der Waals surface area contributed by atoms with E-state index in [1.165, 1.54) is 14.0 Å². The SMILES string of the molecule is C#CC(C)NS(=O)(=O)c1cc(N)c(OC)c(F)c1. The van der Waals surface area contributed by atoms with Gasteiger partial charge in [0.05, 0.1) is 23.7 Å². The average Bonchev–Trinajstić information content (AvgIpc) is 2.27. The van der Waals surface area contributed by atoms with Crippen LogP contribution in [0.5, 0.6) is 5.75 Å². The molecule has 0 bridgehead atoms. The van der Waals surface area contributed by atoms with Crippen LogP contribution in [-0.4, -0.2) is 21.6 Å². The fourth-order valence-electron chi connectivity index (χ4n) is 1.29. The van der Waals surface area contributed by atoms with Crippen LogP contribution >= 0.6 is 0 Å². The summed E-state index contributed by atoms with van der Waals surface area (Å²) in [6.45, 7) is 1.49. The molecule has 0 amide bonds. The van der Waals surface area contributed by atoms with Gasteiger partial charge in [-0.25, -0.2) is 12.8 Å². The molecular formula is C11H13FN2O3S. The molecule has 0 saturated carbocycles. The zero-order valence-electron chi connectivity index (χ0n) is 9.90. The maximum absolute atomic E-state index is 13.5. The van der Waals surface area contributed by atoms with Gasteiger partial charge in [0.15, 0.2) is 11.6 Å². The van der Waals surface area contributed by atoms with Crippen molar-refractivity contribution in [1.82, 2.24) is 4.72 Å². The summed E-state index contributed by atoms with van der Waals surface area (Å²) in [6, 6.07) is 1.22. The normalized spacial score (nSPS) is 12.8. The number of terminal acetylenes is 1. The van der Waals surface area contributed by atoms with E-state index in [0.717, 1.165) is 12.1 Å². The van der Waals surface area contributed by atoms with Gasteiger partial charge < -0.3 is 10.5 Å². The van der Waals surface area contributed by atoms with E-state index in [1.54, 1.807) is 0 Å². The van der Waals surface area contributed by atoms with Crippen molar-refractivity contribution in [3.63, 3.8) is 0 Å². The molecule has 98 valence electrons. The number of ether oxygens (including phenoxy) is 1. The van der Waals surface area contributed by atoms with E-state index in [1.807, 2.05) is 0 Å². The summed E-state index contributed by atoms with van der Waals surface area (Å²) in [5.41, 5.74) is 5.39. The minimum absolute atomic E-state index is 0.105. The van der Waals surface area contributed by atoms with E-state index in [4.69, 9.17) is 16.9 Å². The molecule has 0 aromatic heterocycles. The molecule has 0 aliphatic heterocycles. The highest BCUT2D eigenvalue weighted by atomic mass is 32.2. The Morgan fingerprint density at radius 3 is 2.61 bits per heavy atom. The van der Waals surface area contributed by atoms with Gasteiger partial charge in [-0.3, -0.25) is 0 Å². The molecule has 1 aromatic rings. The Morgan fingerprint density at radius 2 is 2.17 bits per heavy atom. The maximum Gasteiger partial charge on any atom is 0.241 e. The highest BCUT2D eigenvalue weighted by Gasteiger charge is 2.20. The molecule has 0 spiro atoms. The van der Waals surface area contributed by atoms with Crippen molar-refractivity contribution < 1.29 is 17.5 Å². The first-order valence-electron chi connectivity index (χ1n) is 4.93. The Hall–Kier alpha value is -1.78. The zero-order valence-corrected chi connectivity index (χ0v) is 10.7. The Balaban J connectivity index is 3.24. The van der Waals surface area contributed by atoms with Gasteiger partial charge >= 0.3 is 0 Å². The number of sulfonamides is 1. The Morgan fingerprint density at radius 1 is 1.56 bits per heavy atom. The van der Waals surface area contributed by atoms with Gasteiger partial charge in [0, 0.05) is 0 Å². The van der Waals surface area contributed by atoms with Gasteiger partial charge in [0.2, 0.25) is 10.0 Å². The number of nitrogens with one attached hydrogen (secondary N) is 1. The van der Waals surface area contributed by atoms with Crippen LogP contribution in [0.3, 0.4) is 0 Å². The molecule has 5 nitrogen and oxygen atoms in total. The number of nitrogen functional groups attached to an aromatic ring is 1. The summed E-state index contributed by atoms with van der Waals surface area (Å²) in [5, 5.41) is 0. The van der Waals surface area contributed by atoms with Gasteiger partial charge in [-0.15, -0.1) is 6.42 Å². The molecule has 1 unspecified atom stereocenters. The Bertz CT molecular complexity index is 570. The zero-order chi connectivity index (χ0) is 13.9. The molecule has 1 atom stereocenters. The van der Waals surface area contributed by atoms with Crippen molar-refractivity contribution in [1.29, 1.82) is 0 Å². The van der Waals surface area contributed by atoms with Gasteiger partial charge in [-0.2, -0.15) is 4.72 Å². The third-order valence-corrected chi connectivity index (χ3v) is 3.66. The molecule has 0 aliphatic rings. The highest BCUT2D eigenvalue weighted by Crippen LogP contribution is 2.28. The summed E-state index contributed by atoms with van der Waals surface area (Å²) in [7, 11) is -2.67. The fraction of sp³-hybridized carbons (Fsp3) is 0.273. The van der Waals surface area contributed by atoms with Crippen molar-refractivity contribution in [3.05, 3.63) is 17.9 Å². The summed E-state index contributed by atoms with van der Waals surface area (Å²) in [5.74, 6) is 1.15. The predicted molar refractivity (Wildman–Crippen MR) is 66.0 cm³/mol. The lowest BCUT2D eigenvalue weighted by atomic mass is 10.3. The van der Waals surface area contributed by atoms with Crippen LogP contribution in [0.4, 0.5) is 10.1 Å². The van der Waals surface area contributed by atoms with Gasteiger partial charge in [0.25, 0.3) is 0 Å². The molecule has 3 N–H and O–H groups in total. The number of benzene rings is 1. The number of anilines is 1. The third kappa shape index (κ3) is 2.91. The van der Waals surface area contributed by atoms with Gasteiger partial charge in [-0.05, 0) is 19.1 Å². The van der Waals surface area contributed by atoms with Crippen molar-refractivity contribution >= 4 is 15.7 Å². The van der Waals surface area contributed by atoms with Crippen LogP contribution in [0.1, 0.15) is 6.92 Å². The molecule has 0 aliphatic carbocycles. The lowest BCUT2D eigenvalue weighted by Gasteiger charge is -2.11. The molecule has 0 saturated heterocycles. The van der Waals surface area contributed by atoms with Crippen LogP contribution in [0.25, 0.3) is 0 Å². The van der Waals surface area contributed by atoms with Gasteiger partial charge in [-0.1, -0.05) is 5.92 Å². The summed E-state index contributed by atoms with van der Waals surface area (Å²) < 4.78 is 44.1. The first-order valence-corrected chi connectivity index (χ1v) is 6.41. The van der Waals surface area contributed by atoms with Crippen molar-refractivity contribution in [2.75, 3.05) is 12.8 Å². The van der Waals surface area contributed by atoms with E-state index in [9.17, 15) is 12.8 Å². The lowest BCUT2D eigenvalue weighted by molar-refractivity contribution is 0.388. The van der Waals surface area contributed by atoms with Gasteiger partial charge in [0.1, 0.15) is 0 Å². The minimum Gasteiger partial charge on any atom is -0.492 e. The number of nitrogens with two attached hydrogens (primary N) is 1. The first-order chi connectivity index (χ1) is 8.31. The molecule has 18 heavy (non-hydrogen) atoms. The third-order valence-electron chi connectivity index (χ3n) is 2.14. The van der Waals surface area contributed by atoms with E-state index >= 15 is 0 Å². The molecule has 1 aromatic carbocycles. The average molecular weight is 272 g/mol. The summed E-state index contributed by atoms with van der Waals surface area (Å²) >= 11 is 0. The van der Waals surface area contributed by atoms with Crippen molar-refractivity contribution in [3.8, 4) is 18.1 Å². The molecule has 0 fully saturated rings. The van der Waals surface area contributed by atoms with Crippen LogP contribution < -0.4 is 15.2 Å². The van der Waals surface area contributed by atoms with E-state index in [-0.39, 0.29) is 16.3 Å². The second-order valence-corrected chi connectivity index (χ2v) is 5.25. The number of rotatable bonds is 4. The predicted octanol–water partition coefficient (Wildman–Crippen LogP) is 0.717. The molecule has 7 heteroatoms. The largest absolute Gasteiger partial charge is 0.492 e.